The van der Waals surface area contributed by atoms with Crippen LogP contribution in [0, 0.1) is 17.3 Å². The van der Waals surface area contributed by atoms with Crippen molar-refractivity contribution in [3.8, 4) is 0 Å². The second-order valence-electron chi connectivity index (χ2n) is 18.3. The summed E-state index contributed by atoms with van der Waals surface area (Å²) in [5.74, 6) is -4.48. The summed E-state index contributed by atoms with van der Waals surface area (Å²) in [6.45, 7) is 15.7. The van der Waals surface area contributed by atoms with Crippen molar-refractivity contribution in [2.24, 2.45) is 17.3 Å². The highest BCUT2D eigenvalue weighted by Crippen LogP contribution is 2.41. The third-order valence-corrected chi connectivity index (χ3v) is 12.2. The molecule has 0 spiro atoms. The van der Waals surface area contributed by atoms with Crippen molar-refractivity contribution in [2.75, 3.05) is 48.0 Å². The number of hydrogen-bond donors (Lipinski definition) is 0. The number of nitrogens with zero attached hydrogens (tertiary/aromatic N) is 2. The fourth-order valence-corrected chi connectivity index (χ4v) is 8.85. The van der Waals surface area contributed by atoms with Crippen LogP contribution in [0.3, 0.4) is 0 Å². The van der Waals surface area contributed by atoms with Gasteiger partial charge < -0.3 is 42.8 Å². The summed E-state index contributed by atoms with van der Waals surface area (Å²) < 4.78 is 51.3. The highest BCUT2D eigenvalue weighted by molar-refractivity contribution is 6.04. The molecule has 0 aliphatic carbocycles. The van der Waals surface area contributed by atoms with E-state index < -0.39 is 58.9 Å². The quantitative estimate of drug-likeness (QED) is 0.187. The van der Waals surface area contributed by atoms with E-state index in [4.69, 9.17) is 37.9 Å². The Hall–Kier alpha value is -3.27. The van der Waals surface area contributed by atoms with E-state index in [-0.39, 0.29) is 43.1 Å². The minimum atomic E-state index is -1.57. The third kappa shape index (κ3) is 11.4. The Bertz CT molecular complexity index is 1710. The number of esters is 2. The summed E-state index contributed by atoms with van der Waals surface area (Å²) in [5.41, 5.74) is -1.26. The number of ketones is 1. The lowest BCUT2D eigenvalue weighted by Crippen LogP contribution is -2.60. The van der Waals surface area contributed by atoms with E-state index in [2.05, 4.69) is 11.8 Å². The molecule has 3 saturated heterocycles. The molecule has 0 bridgehead atoms. The molecular weight excluding hydrogens is 757 g/mol. The van der Waals surface area contributed by atoms with Crippen molar-refractivity contribution in [1.82, 2.24) is 9.80 Å². The van der Waals surface area contributed by atoms with E-state index in [1.165, 1.54) is 0 Å². The van der Waals surface area contributed by atoms with Crippen LogP contribution in [0.2, 0.25) is 0 Å². The van der Waals surface area contributed by atoms with Crippen molar-refractivity contribution in [1.29, 1.82) is 0 Å². The molecule has 0 radical (unpaired) electrons. The molecule has 0 saturated carbocycles. The first-order valence-corrected chi connectivity index (χ1v) is 20.9. The molecule has 3 fully saturated rings. The lowest BCUT2D eigenvalue weighted by molar-refractivity contribution is -0.295. The molecular formula is C46H68N2O11. The number of benzene rings is 2. The van der Waals surface area contributed by atoms with Crippen LogP contribution in [0.5, 0.6) is 0 Å². The highest BCUT2D eigenvalue weighted by atomic mass is 16.8. The summed E-state index contributed by atoms with van der Waals surface area (Å²) in [6.07, 6.45) is -1.74. The normalized spacial score (nSPS) is 34.7. The van der Waals surface area contributed by atoms with Crippen LogP contribution in [0.1, 0.15) is 90.6 Å². The summed E-state index contributed by atoms with van der Waals surface area (Å²) in [7, 11) is 7.45. The fraction of sp³-hybridized carbons (Fsp3) is 0.674. The summed E-state index contributed by atoms with van der Waals surface area (Å²) in [6, 6.07) is 18.0. The van der Waals surface area contributed by atoms with Crippen LogP contribution >= 0.6 is 0 Å². The Balaban J connectivity index is 1.47. The monoisotopic (exact) mass is 824 g/mol. The molecule has 2 aromatic carbocycles. The van der Waals surface area contributed by atoms with E-state index in [9.17, 15) is 14.4 Å². The van der Waals surface area contributed by atoms with Gasteiger partial charge in [-0.25, -0.2) is 4.79 Å². The maximum Gasteiger partial charge on any atom is 0.338 e. The van der Waals surface area contributed by atoms with Gasteiger partial charge >= 0.3 is 11.9 Å². The molecule has 10 atom stereocenters. The molecule has 5 rings (SSSR count). The van der Waals surface area contributed by atoms with Crippen LogP contribution in [0.4, 0.5) is 0 Å². The zero-order chi connectivity index (χ0) is 43.3. The second-order valence-corrected chi connectivity index (χ2v) is 18.3. The molecule has 3 aliphatic rings. The van der Waals surface area contributed by atoms with Gasteiger partial charge in [-0.1, -0.05) is 62.4 Å². The molecule has 2 aromatic rings. The average Bonchev–Trinajstić information content (AvgIpc) is 3.51. The number of likely N-dealkylation sites (N-methyl/N-ethyl adjacent to an activating group) is 2. The van der Waals surface area contributed by atoms with Gasteiger partial charge in [0.1, 0.15) is 18.6 Å². The van der Waals surface area contributed by atoms with Crippen LogP contribution in [0.15, 0.2) is 60.7 Å². The molecule has 328 valence electrons. The van der Waals surface area contributed by atoms with Crippen molar-refractivity contribution in [2.45, 2.75) is 135 Å². The number of ether oxygens (including phenoxy) is 8. The van der Waals surface area contributed by atoms with Crippen molar-refractivity contribution in [3.63, 3.8) is 0 Å². The Kier molecular flexibility index (Phi) is 15.2. The van der Waals surface area contributed by atoms with Gasteiger partial charge in [-0.2, -0.15) is 0 Å². The van der Waals surface area contributed by atoms with Gasteiger partial charge in [-0.15, -0.1) is 0 Å². The number of methoxy groups -OCH3 is 1. The Morgan fingerprint density at radius 2 is 1.59 bits per heavy atom. The van der Waals surface area contributed by atoms with E-state index in [0.717, 1.165) is 5.56 Å². The van der Waals surface area contributed by atoms with Gasteiger partial charge in [0, 0.05) is 32.0 Å². The number of hydrogen-bond acceptors (Lipinski definition) is 13. The molecule has 4 unspecified atom stereocenters. The number of Topliss-reactive ketones (excluding diaryl/α,β-unsaturated/α-hetero) is 1. The Labute approximate surface area is 351 Å². The van der Waals surface area contributed by atoms with Gasteiger partial charge in [-0.05, 0) is 99.1 Å². The van der Waals surface area contributed by atoms with E-state index in [1.54, 1.807) is 52.1 Å². The molecule has 3 heterocycles. The first kappa shape index (κ1) is 46.8. The molecule has 59 heavy (non-hydrogen) atoms. The predicted molar refractivity (Wildman–Crippen MR) is 221 cm³/mol. The highest BCUT2D eigenvalue weighted by Gasteiger charge is 2.53. The van der Waals surface area contributed by atoms with Crippen LogP contribution in [-0.2, 0) is 54.1 Å². The summed E-state index contributed by atoms with van der Waals surface area (Å²) >= 11 is 0. The number of cyclic esters (lactones) is 1. The van der Waals surface area contributed by atoms with Gasteiger partial charge in [0.2, 0.25) is 0 Å². The molecule has 0 N–H and O–H groups in total. The van der Waals surface area contributed by atoms with Gasteiger partial charge in [-0.3, -0.25) is 14.5 Å². The smallest absolute Gasteiger partial charge is 0.338 e. The standard InChI is InChI=1S/C46H68N2O11/c1-30-24-45(8,52-12)39(58-41-37(36(47(9)10)23-31(2)56-41)57-40(50)34-21-17-14-18-22-34)32(3)38(49)43(4,5)42(51)53-28-35(48(11)26-30)25-46(29-55-44(6,7)59-46)54-27-33-19-15-13-16-20-33/h13-22,30-32,35-37,39,41H,23-29H2,1-12H3/t30-,31?,32+,35+,36?,37?,39-,41?,45-,46+/m1/s1. The molecule has 13 heteroatoms. The summed E-state index contributed by atoms with van der Waals surface area (Å²) in [5, 5.41) is 0. The number of carbonyl (C=O) groups excluding carboxylic acids is 3. The molecule has 0 amide bonds. The SMILES string of the molecule is CO[C@]1(C)C[C@@H](C)CN(C)[C@@H](C[C@@]2(OCc3ccccc3)COC(C)(C)O2)COC(=O)C(C)(C)C(=O)[C@H](C)[C@H]1OC1OC(C)CC(N(C)C)C1OC(=O)c1ccccc1. The second kappa shape index (κ2) is 19.2. The maximum absolute atomic E-state index is 14.7. The van der Waals surface area contributed by atoms with Gasteiger partial charge in [0.25, 0.3) is 0 Å². The zero-order valence-electron chi connectivity index (χ0n) is 37.2. The zero-order valence-corrected chi connectivity index (χ0v) is 37.2. The average molecular weight is 825 g/mol. The predicted octanol–water partition coefficient (Wildman–Crippen LogP) is 6.27. The summed E-state index contributed by atoms with van der Waals surface area (Å²) in [4.78, 5) is 46.6. The topological polar surface area (TPSA) is 132 Å². The van der Waals surface area contributed by atoms with Crippen molar-refractivity contribution in [3.05, 3.63) is 71.8 Å². The van der Waals surface area contributed by atoms with E-state index in [0.29, 0.717) is 38.0 Å². The Morgan fingerprint density at radius 3 is 2.19 bits per heavy atom. The van der Waals surface area contributed by atoms with Gasteiger partial charge in [0.05, 0.1) is 36.0 Å². The first-order chi connectivity index (χ1) is 27.7. The lowest BCUT2D eigenvalue weighted by Gasteiger charge is -2.48. The third-order valence-electron chi connectivity index (χ3n) is 12.2. The lowest BCUT2D eigenvalue weighted by atomic mass is 9.74. The molecule has 13 nitrogen and oxygen atoms in total. The van der Waals surface area contributed by atoms with Crippen LogP contribution in [0.25, 0.3) is 0 Å². The van der Waals surface area contributed by atoms with E-state index in [1.807, 2.05) is 90.1 Å². The van der Waals surface area contributed by atoms with Crippen LogP contribution < -0.4 is 0 Å². The Morgan fingerprint density at radius 1 is 0.949 bits per heavy atom. The van der Waals surface area contributed by atoms with E-state index >= 15 is 0 Å². The van der Waals surface area contributed by atoms with Crippen LogP contribution in [-0.4, -0.2) is 129 Å². The number of carbonyl (C=O) groups is 3. The molecule has 3 aliphatic heterocycles. The minimum Gasteiger partial charge on any atom is -0.463 e. The van der Waals surface area contributed by atoms with Gasteiger partial charge in [0.15, 0.2) is 29.8 Å². The number of rotatable bonds is 11. The first-order valence-electron chi connectivity index (χ1n) is 20.9. The maximum atomic E-state index is 14.7. The fourth-order valence-electron chi connectivity index (χ4n) is 8.85. The largest absolute Gasteiger partial charge is 0.463 e. The van der Waals surface area contributed by atoms with Crippen molar-refractivity contribution >= 4 is 17.7 Å². The minimum absolute atomic E-state index is 0.0109. The van der Waals surface area contributed by atoms with Crippen molar-refractivity contribution < 1.29 is 52.3 Å². The molecule has 0 aromatic heterocycles.